The first-order chi connectivity index (χ1) is 9.95. The molecule has 0 bridgehead atoms. The monoisotopic (exact) mass is 302 g/mol. The molecular weight excluding hydrogens is 292 g/mol. The third-order valence-electron chi connectivity index (χ3n) is 3.31. The molecule has 0 saturated heterocycles. The molecule has 0 fully saturated rings. The number of anilines is 3. The van der Waals surface area contributed by atoms with E-state index in [0.717, 1.165) is 5.56 Å². The molecule has 0 unspecified atom stereocenters. The lowest BCUT2D eigenvalue weighted by molar-refractivity contribution is 0.0696. The van der Waals surface area contributed by atoms with E-state index in [2.05, 4.69) is 10.6 Å². The average molecular weight is 303 g/mol. The van der Waals surface area contributed by atoms with Crippen LogP contribution < -0.4 is 10.6 Å². The summed E-state index contributed by atoms with van der Waals surface area (Å²) in [5.41, 5.74) is 2.98. The number of benzene rings is 2. The van der Waals surface area contributed by atoms with Crippen LogP contribution in [0.15, 0.2) is 30.3 Å². The summed E-state index contributed by atoms with van der Waals surface area (Å²) < 4.78 is 0. The number of aromatic carboxylic acids is 1. The van der Waals surface area contributed by atoms with Gasteiger partial charge in [0.2, 0.25) is 0 Å². The second-order valence-electron chi connectivity index (χ2n) is 4.79. The van der Waals surface area contributed by atoms with Crippen molar-refractivity contribution in [2.24, 2.45) is 0 Å². The van der Waals surface area contributed by atoms with E-state index in [1.54, 1.807) is 25.1 Å². The molecule has 2 aromatic carbocycles. The summed E-state index contributed by atoms with van der Waals surface area (Å²) in [5, 5.41) is 15.4. The maximum atomic E-state index is 12.3. The van der Waals surface area contributed by atoms with Gasteiger partial charge in [-0.1, -0.05) is 11.6 Å². The lowest BCUT2D eigenvalue weighted by Gasteiger charge is -2.10. The van der Waals surface area contributed by atoms with Crippen LogP contribution in [-0.4, -0.2) is 17.0 Å². The number of fused-ring (bicyclic) bond motifs is 2. The minimum absolute atomic E-state index is 0.108. The van der Waals surface area contributed by atoms with Crippen molar-refractivity contribution in [3.05, 3.63) is 52.0 Å². The number of hydrogen-bond acceptors (Lipinski definition) is 3. The fourth-order valence-electron chi connectivity index (χ4n) is 2.36. The van der Waals surface area contributed by atoms with Gasteiger partial charge in [0.15, 0.2) is 0 Å². The van der Waals surface area contributed by atoms with Gasteiger partial charge in [-0.3, -0.25) is 4.79 Å². The average Bonchev–Trinajstić information content (AvgIpc) is 2.52. The molecule has 0 atom stereocenters. The number of carbonyl (C=O) groups is 2. The number of carbonyl (C=O) groups excluding carboxylic acids is 1. The lowest BCUT2D eigenvalue weighted by Crippen LogP contribution is -2.12. The second kappa shape index (κ2) is 4.79. The summed E-state index contributed by atoms with van der Waals surface area (Å²) in [7, 11) is 0. The van der Waals surface area contributed by atoms with Crippen LogP contribution >= 0.6 is 11.6 Å². The van der Waals surface area contributed by atoms with Gasteiger partial charge < -0.3 is 15.7 Å². The largest absolute Gasteiger partial charge is 0.478 e. The minimum Gasteiger partial charge on any atom is -0.478 e. The molecule has 1 aliphatic heterocycles. The molecule has 106 valence electrons. The molecule has 2 aromatic rings. The molecule has 1 aliphatic rings. The van der Waals surface area contributed by atoms with Gasteiger partial charge in [-0.25, -0.2) is 4.79 Å². The van der Waals surface area contributed by atoms with Crippen LogP contribution in [-0.2, 0) is 0 Å². The number of aryl methyl sites for hydroxylation is 1. The molecule has 1 heterocycles. The summed E-state index contributed by atoms with van der Waals surface area (Å²) in [6, 6.07) is 7.89. The number of hydrogen-bond donors (Lipinski definition) is 3. The number of halogens is 1. The fraction of sp³-hybridized carbons (Fsp3) is 0.0667. The Morgan fingerprint density at radius 2 is 1.86 bits per heavy atom. The number of nitrogens with one attached hydrogen (secondary N) is 2. The number of amides is 1. The molecular formula is C15H11ClN2O3. The highest BCUT2D eigenvalue weighted by atomic mass is 35.5. The first-order valence-electron chi connectivity index (χ1n) is 6.21. The van der Waals surface area contributed by atoms with E-state index in [1.807, 2.05) is 0 Å². The quantitative estimate of drug-likeness (QED) is 0.751. The van der Waals surface area contributed by atoms with E-state index >= 15 is 0 Å². The zero-order chi connectivity index (χ0) is 15.1. The first-order valence-corrected chi connectivity index (χ1v) is 6.59. The van der Waals surface area contributed by atoms with Crippen molar-refractivity contribution in [3.63, 3.8) is 0 Å². The van der Waals surface area contributed by atoms with E-state index < -0.39 is 5.97 Å². The van der Waals surface area contributed by atoms with E-state index in [9.17, 15) is 9.59 Å². The van der Waals surface area contributed by atoms with Crippen LogP contribution in [0, 0.1) is 6.92 Å². The van der Waals surface area contributed by atoms with Crippen LogP contribution in [0.1, 0.15) is 26.3 Å². The smallest absolute Gasteiger partial charge is 0.335 e. The highest BCUT2D eigenvalue weighted by Gasteiger charge is 2.22. The SMILES string of the molecule is Cc1cc(Cl)cc2c1C(=O)Nc1cc(C(=O)O)ccc1N2. The minimum atomic E-state index is -1.05. The molecule has 0 radical (unpaired) electrons. The molecule has 5 nitrogen and oxygen atoms in total. The van der Waals surface area contributed by atoms with Gasteiger partial charge in [-0.05, 0) is 42.8 Å². The zero-order valence-electron chi connectivity index (χ0n) is 11.0. The van der Waals surface area contributed by atoms with Crippen molar-refractivity contribution in [1.29, 1.82) is 0 Å². The van der Waals surface area contributed by atoms with Gasteiger partial charge >= 0.3 is 5.97 Å². The summed E-state index contributed by atoms with van der Waals surface area (Å²) in [6.07, 6.45) is 0. The first kappa shape index (κ1) is 13.5. The van der Waals surface area contributed by atoms with Crippen molar-refractivity contribution in [3.8, 4) is 0 Å². The molecule has 3 N–H and O–H groups in total. The van der Waals surface area contributed by atoms with Crippen LogP contribution in [0.3, 0.4) is 0 Å². The summed E-state index contributed by atoms with van der Waals surface area (Å²) in [4.78, 5) is 23.4. The van der Waals surface area contributed by atoms with E-state index in [4.69, 9.17) is 16.7 Å². The van der Waals surface area contributed by atoms with Gasteiger partial charge in [0.05, 0.1) is 28.2 Å². The second-order valence-corrected chi connectivity index (χ2v) is 5.23. The molecule has 6 heteroatoms. The summed E-state index contributed by atoms with van der Waals surface area (Å²) >= 11 is 6.03. The summed E-state index contributed by atoms with van der Waals surface area (Å²) in [5.74, 6) is -1.35. The van der Waals surface area contributed by atoms with Crippen molar-refractivity contribution >= 4 is 40.5 Å². The van der Waals surface area contributed by atoms with E-state index in [-0.39, 0.29) is 11.5 Å². The van der Waals surface area contributed by atoms with Crippen LogP contribution in [0.25, 0.3) is 0 Å². The standard InChI is InChI=1S/C15H11ClN2O3/c1-7-4-9(16)6-12-13(7)14(19)18-11-5-8(15(20)21)2-3-10(11)17-12/h2-6,17H,1H3,(H,18,19)(H,20,21). The Hall–Kier alpha value is -2.53. The Morgan fingerprint density at radius 1 is 1.10 bits per heavy atom. The molecule has 1 amide bonds. The Morgan fingerprint density at radius 3 is 2.57 bits per heavy atom. The maximum Gasteiger partial charge on any atom is 0.335 e. The summed E-state index contributed by atoms with van der Waals surface area (Å²) in [6.45, 7) is 1.80. The Balaban J connectivity index is 2.16. The van der Waals surface area contributed by atoms with Crippen molar-refractivity contribution in [2.75, 3.05) is 10.6 Å². The third-order valence-corrected chi connectivity index (χ3v) is 3.53. The van der Waals surface area contributed by atoms with Gasteiger partial charge in [0.25, 0.3) is 5.91 Å². The van der Waals surface area contributed by atoms with Crippen LogP contribution in [0.4, 0.5) is 17.1 Å². The normalized spacial score (nSPS) is 12.6. The Labute approximate surface area is 125 Å². The number of rotatable bonds is 1. The van der Waals surface area contributed by atoms with Crippen molar-refractivity contribution in [1.82, 2.24) is 0 Å². The van der Waals surface area contributed by atoms with Gasteiger partial charge in [-0.15, -0.1) is 0 Å². The fourth-order valence-corrected chi connectivity index (χ4v) is 2.64. The predicted octanol–water partition coefficient (Wildman–Crippen LogP) is 3.66. The van der Waals surface area contributed by atoms with E-state index in [1.165, 1.54) is 12.1 Å². The third kappa shape index (κ3) is 2.32. The predicted molar refractivity (Wildman–Crippen MR) is 80.8 cm³/mol. The lowest BCUT2D eigenvalue weighted by atomic mass is 10.1. The van der Waals surface area contributed by atoms with Crippen molar-refractivity contribution in [2.45, 2.75) is 6.92 Å². The Bertz CT molecular complexity index is 787. The highest BCUT2D eigenvalue weighted by Crippen LogP contribution is 2.35. The molecule has 0 aromatic heterocycles. The maximum absolute atomic E-state index is 12.3. The van der Waals surface area contributed by atoms with Crippen LogP contribution in [0.2, 0.25) is 5.02 Å². The Kier molecular flexibility index (Phi) is 3.07. The molecule has 0 saturated carbocycles. The molecule has 21 heavy (non-hydrogen) atoms. The molecule has 3 rings (SSSR count). The van der Waals surface area contributed by atoms with Crippen molar-refractivity contribution < 1.29 is 14.7 Å². The molecule has 0 aliphatic carbocycles. The zero-order valence-corrected chi connectivity index (χ0v) is 11.8. The number of carboxylic acid groups (broad SMARTS) is 1. The van der Waals surface area contributed by atoms with Crippen LogP contribution in [0.5, 0.6) is 0 Å². The number of carboxylic acids is 1. The van der Waals surface area contributed by atoms with Gasteiger partial charge in [-0.2, -0.15) is 0 Å². The molecule has 0 spiro atoms. The van der Waals surface area contributed by atoms with Gasteiger partial charge in [0, 0.05) is 5.02 Å². The topological polar surface area (TPSA) is 78.4 Å². The van der Waals surface area contributed by atoms with Gasteiger partial charge in [0.1, 0.15) is 0 Å². The highest BCUT2D eigenvalue weighted by molar-refractivity contribution is 6.31. The van der Waals surface area contributed by atoms with E-state index in [0.29, 0.717) is 27.6 Å².